The molecule has 3 rings (SSSR count). The summed E-state index contributed by atoms with van der Waals surface area (Å²) in [4.78, 5) is 13.7. The molecule has 0 radical (unpaired) electrons. The van der Waals surface area contributed by atoms with Gasteiger partial charge in [-0.25, -0.2) is 4.79 Å². The number of methoxy groups -OCH3 is 2. The first-order chi connectivity index (χ1) is 12.2. The minimum Gasteiger partial charge on any atom is -0.497 e. The van der Waals surface area contributed by atoms with Crippen molar-refractivity contribution in [2.45, 2.75) is 9.79 Å². The van der Waals surface area contributed by atoms with Crippen LogP contribution in [0.25, 0.3) is 11.1 Å². The molecule has 0 aliphatic heterocycles. The predicted molar refractivity (Wildman–Crippen MR) is 100 cm³/mol. The van der Waals surface area contributed by atoms with Crippen LogP contribution in [0.1, 0.15) is 10.4 Å². The first-order valence-electron chi connectivity index (χ1n) is 7.81. The van der Waals surface area contributed by atoms with E-state index in [1.165, 1.54) is 7.11 Å². The van der Waals surface area contributed by atoms with Crippen molar-refractivity contribution in [3.63, 3.8) is 0 Å². The van der Waals surface area contributed by atoms with Crippen LogP contribution >= 0.6 is 11.8 Å². The Morgan fingerprint density at radius 3 is 2.24 bits per heavy atom. The van der Waals surface area contributed by atoms with Crippen molar-refractivity contribution in [2.24, 2.45) is 0 Å². The molecular formula is C21H18O3S. The highest BCUT2D eigenvalue weighted by molar-refractivity contribution is 7.99. The Balaban J connectivity index is 1.94. The summed E-state index contributed by atoms with van der Waals surface area (Å²) in [5, 5.41) is 0. The molecule has 0 aliphatic rings. The van der Waals surface area contributed by atoms with Crippen molar-refractivity contribution in [1.29, 1.82) is 0 Å². The average Bonchev–Trinajstić information content (AvgIpc) is 2.68. The Labute approximate surface area is 151 Å². The van der Waals surface area contributed by atoms with E-state index in [4.69, 9.17) is 9.47 Å². The van der Waals surface area contributed by atoms with Crippen LogP contribution in [0.3, 0.4) is 0 Å². The summed E-state index contributed by atoms with van der Waals surface area (Å²) in [5.74, 6) is 0.483. The Morgan fingerprint density at radius 2 is 1.60 bits per heavy atom. The van der Waals surface area contributed by atoms with Crippen LogP contribution < -0.4 is 4.74 Å². The van der Waals surface area contributed by atoms with Gasteiger partial charge in [0.05, 0.1) is 19.8 Å². The number of benzene rings is 3. The fraction of sp³-hybridized carbons (Fsp3) is 0.0952. The molecule has 0 N–H and O–H groups in total. The van der Waals surface area contributed by atoms with Crippen molar-refractivity contribution in [1.82, 2.24) is 0 Å². The van der Waals surface area contributed by atoms with E-state index in [1.807, 2.05) is 42.5 Å². The van der Waals surface area contributed by atoms with Crippen LogP contribution in [0.15, 0.2) is 82.6 Å². The van der Waals surface area contributed by atoms with Gasteiger partial charge in [-0.15, -0.1) is 0 Å². The van der Waals surface area contributed by atoms with E-state index in [2.05, 4.69) is 18.2 Å². The molecule has 3 nitrogen and oxygen atoms in total. The molecule has 0 amide bonds. The molecule has 0 aliphatic carbocycles. The number of carbonyl (C=O) groups excluding carboxylic acids is 1. The standard InChI is InChI=1S/C21H18O3S/c1-23-17-10-13-19(15-6-4-3-5-7-15)20(14-17)25-18-11-8-16(9-12-18)21(22)24-2/h3-14H,1-2H3. The average molecular weight is 350 g/mol. The SMILES string of the molecule is COC(=O)c1ccc(Sc2cc(OC)ccc2-c2ccccc2)cc1. The highest BCUT2D eigenvalue weighted by Crippen LogP contribution is 2.38. The summed E-state index contributed by atoms with van der Waals surface area (Å²) >= 11 is 1.63. The van der Waals surface area contributed by atoms with Crippen molar-refractivity contribution in [3.05, 3.63) is 78.4 Å². The Bertz CT molecular complexity index is 858. The fourth-order valence-corrected chi connectivity index (χ4v) is 3.47. The maximum atomic E-state index is 11.6. The molecule has 126 valence electrons. The molecular weight excluding hydrogens is 332 g/mol. The maximum Gasteiger partial charge on any atom is 0.337 e. The topological polar surface area (TPSA) is 35.5 Å². The van der Waals surface area contributed by atoms with E-state index in [0.717, 1.165) is 26.7 Å². The monoisotopic (exact) mass is 350 g/mol. The smallest absolute Gasteiger partial charge is 0.337 e. The van der Waals surface area contributed by atoms with Gasteiger partial charge < -0.3 is 9.47 Å². The van der Waals surface area contributed by atoms with Gasteiger partial charge in [0, 0.05) is 9.79 Å². The lowest BCUT2D eigenvalue weighted by atomic mass is 10.1. The summed E-state index contributed by atoms with van der Waals surface area (Å²) < 4.78 is 10.1. The summed E-state index contributed by atoms with van der Waals surface area (Å²) in [6.45, 7) is 0. The zero-order valence-corrected chi connectivity index (χ0v) is 14.9. The number of carbonyl (C=O) groups is 1. The number of ether oxygens (including phenoxy) is 2. The normalized spacial score (nSPS) is 10.3. The number of rotatable bonds is 5. The highest BCUT2D eigenvalue weighted by Gasteiger charge is 2.10. The number of hydrogen-bond acceptors (Lipinski definition) is 4. The lowest BCUT2D eigenvalue weighted by Crippen LogP contribution is -2.00. The van der Waals surface area contributed by atoms with Crippen molar-refractivity contribution in [3.8, 4) is 16.9 Å². The zero-order chi connectivity index (χ0) is 17.6. The van der Waals surface area contributed by atoms with Gasteiger partial charge in [0.2, 0.25) is 0 Å². The molecule has 0 heterocycles. The van der Waals surface area contributed by atoms with Crippen molar-refractivity contribution < 1.29 is 14.3 Å². The highest BCUT2D eigenvalue weighted by atomic mass is 32.2. The van der Waals surface area contributed by atoms with Crippen molar-refractivity contribution >= 4 is 17.7 Å². The second-order valence-electron chi connectivity index (χ2n) is 5.35. The summed E-state index contributed by atoms with van der Waals surface area (Å²) in [6, 6.07) is 23.7. The lowest BCUT2D eigenvalue weighted by molar-refractivity contribution is 0.0600. The van der Waals surface area contributed by atoms with E-state index in [9.17, 15) is 4.79 Å². The third-order valence-corrected chi connectivity index (χ3v) is 4.84. The van der Waals surface area contributed by atoms with Crippen molar-refractivity contribution in [2.75, 3.05) is 14.2 Å². The molecule has 0 saturated heterocycles. The van der Waals surface area contributed by atoms with Gasteiger partial charge in [0.25, 0.3) is 0 Å². The van der Waals surface area contributed by atoms with E-state index in [0.29, 0.717) is 5.56 Å². The molecule has 0 bridgehead atoms. The maximum absolute atomic E-state index is 11.6. The molecule has 0 saturated carbocycles. The van der Waals surface area contributed by atoms with Crippen LogP contribution in [0, 0.1) is 0 Å². The van der Waals surface area contributed by atoms with Gasteiger partial charge in [0.1, 0.15) is 5.75 Å². The first kappa shape index (κ1) is 17.1. The molecule has 4 heteroatoms. The minimum absolute atomic E-state index is 0.331. The zero-order valence-electron chi connectivity index (χ0n) is 14.1. The molecule has 0 aromatic heterocycles. The van der Waals surface area contributed by atoms with Gasteiger partial charge in [-0.3, -0.25) is 0 Å². The predicted octanol–water partition coefficient (Wildman–Crippen LogP) is 5.30. The third-order valence-electron chi connectivity index (χ3n) is 3.78. The Hall–Kier alpha value is -2.72. The second-order valence-corrected chi connectivity index (χ2v) is 6.46. The largest absolute Gasteiger partial charge is 0.497 e. The van der Waals surface area contributed by atoms with Gasteiger partial charge in [0.15, 0.2) is 0 Å². The quantitative estimate of drug-likeness (QED) is 0.585. The van der Waals surface area contributed by atoms with Gasteiger partial charge in [-0.05, 0) is 53.6 Å². The Kier molecular flexibility index (Phi) is 5.41. The summed E-state index contributed by atoms with van der Waals surface area (Å²) in [7, 11) is 3.05. The van der Waals surface area contributed by atoms with Crippen LogP contribution in [0.2, 0.25) is 0 Å². The van der Waals surface area contributed by atoms with E-state index >= 15 is 0 Å². The third kappa shape index (κ3) is 4.03. The van der Waals surface area contributed by atoms with E-state index in [-0.39, 0.29) is 5.97 Å². The van der Waals surface area contributed by atoms with Gasteiger partial charge in [-0.2, -0.15) is 0 Å². The molecule has 3 aromatic carbocycles. The van der Waals surface area contributed by atoms with E-state index < -0.39 is 0 Å². The molecule has 0 spiro atoms. The number of hydrogen-bond donors (Lipinski definition) is 0. The second kappa shape index (κ2) is 7.90. The van der Waals surface area contributed by atoms with Gasteiger partial charge in [-0.1, -0.05) is 42.1 Å². The molecule has 25 heavy (non-hydrogen) atoms. The van der Waals surface area contributed by atoms with Crippen LogP contribution in [0.4, 0.5) is 0 Å². The van der Waals surface area contributed by atoms with E-state index in [1.54, 1.807) is 31.0 Å². The molecule has 0 atom stereocenters. The summed E-state index contributed by atoms with van der Waals surface area (Å²) in [6.07, 6.45) is 0. The van der Waals surface area contributed by atoms with Gasteiger partial charge >= 0.3 is 5.97 Å². The Morgan fingerprint density at radius 1 is 0.880 bits per heavy atom. The molecule has 0 unspecified atom stereocenters. The number of esters is 1. The van der Waals surface area contributed by atoms with Crippen LogP contribution in [-0.2, 0) is 4.74 Å². The lowest BCUT2D eigenvalue weighted by Gasteiger charge is -2.12. The minimum atomic E-state index is -0.331. The van der Waals surface area contributed by atoms with Crippen LogP contribution in [-0.4, -0.2) is 20.2 Å². The fourth-order valence-electron chi connectivity index (χ4n) is 2.47. The summed E-state index contributed by atoms with van der Waals surface area (Å²) in [5.41, 5.74) is 2.84. The molecule has 0 fully saturated rings. The molecule has 3 aromatic rings. The van der Waals surface area contributed by atoms with Crippen LogP contribution in [0.5, 0.6) is 5.75 Å². The first-order valence-corrected chi connectivity index (χ1v) is 8.62.